The first-order valence-corrected chi connectivity index (χ1v) is 9.24. The third-order valence-corrected chi connectivity index (χ3v) is 5.26. The van der Waals surface area contributed by atoms with Crippen LogP contribution >= 0.6 is 0 Å². The van der Waals surface area contributed by atoms with Crippen molar-refractivity contribution in [2.24, 2.45) is 0 Å². The van der Waals surface area contributed by atoms with Gasteiger partial charge in [-0.1, -0.05) is 56.3 Å². The SMILES string of the molecule is COc1ccccc1C(c1ccc(C(C)C)cc1)N1CCCC1C(=O)O. The lowest BCUT2D eigenvalue weighted by molar-refractivity contribution is -0.142. The van der Waals surface area contributed by atoms with E-state index < -0.39 is 12.0 Å². The molecular weight excluding hydrogens is 326 g/mol. The average molecular weight is 353 g/mol. The van der Waals surface area contributed by atoms with Crippen LogP contribution in [0.5, 0.6) is 5.75 Å². The number of carboxylic acid groups (broad SMARTS) is 1. The largest absolute Gasteiger partial charge is 0.496 e. The quantitative estimate of drug-likeness (QED) is 0.833. The first-order valence-electron chi connectivity index (χ1n) is 9.24. The van der Waals surface area contributed by atoms with Crippen LogP contribution in [0.3, 0.4) is 0 Å². The Balaban J connectivity index is 2.08. The zero-order valence-electron chi connectivity index (χ0n) is 15.7. The first-order chi connectivity index (χ1) is 12.5. The van der Waals surface area contributed by atoms with Gasteiger partial charge in [-0.3, -0.25) is 9.69 Å². The van der Waals surface area contributed by atoms with Crippen molar-refractivity contribution >= 4 is 5.97 Å². The highest BCUT2D eigenvalue weighted by Gasteiger charge is 2.37. The molecule has 1 aliphatic heterocycles. The van der Waals surface area contributed by atoms with Gasteiger partial charge >= 0.3 is 5.97 Å². The number of carbonyl (C=O) groups is 1. The van der Waals surface area contributed by atoms with Crippen LogP contribution in [0.1, 0.15) is 55.3 Å². The zero-order chi connectivity index (χ0) is 18.7. The molecule has 0 aliphatic carbocycles. The minimum atomic E-state index is -0.749. The maximum Gasteiger partial charge on any atom is 0.320 e. The van der Waals surface area contributed by atoms with Gasteiger partial charge in [0.2, 0.25) is 0 Å². The molecule has 0 radical (unpaired) electrons. The van der Waals surface area contributed by atoms with E-state index >= 15 is 0 Å². The normalized spacial score (nSPS) is 18.8. The fourth-order valence-electron chi connectivity index (χ4n) is 3.87. The number of benzene rings is 2. The number of carboxylic acids is 1. The molecule has 138 valence electrons. The molecule has 2 unspecified atom stereocenters. The number of ether oxygens (including phenoxy) is 1. The number of likely N-dealkylation sites (tertiary alicyclic amines) is 1. The molecule has 2 atom stereocenters. The van der Waals surface area contributed by atoms with Gasteiger partial charge < -0.3 is 9.84 Å². The Kier molecular flexibility index (Phi) is 5.62. The van der Waals surface area contributed by atoms with E-state index in [1.807, 2.05) is 24.3 Å². The highest BCUT2D eigenvalue weighted by atomic mass is 16.5. The molecule has 1 N–H and O–H groups in total. The predicted octanol–water partition coefficient (Wildman–Crippen LogP) is 4.46. The van der Waals surface area contributed by atoms with Crippen LogP contribution in [0.2, 0.25) is 0 Å². The summed E-state index contributed by atoms with van der Waals surface area (Å²) in [6.07, 6.45) is 1.58. The van der Waals surface area contributed by atoms with Gasteiger partial charge in [-0.2, -0.15) is 0 Å². The van der Waals surface area contributed by atoms with Crippen molar-refractivity contribution in [3.05, 3.63) is 65.2 Å². The van der Waals surface area contributed by atoms with Gasteiger partial charge in [-0.15, -0.1) is 0 Å². The van der Waals surface area contributed by atoms with Crippen molar-refractivity contribution < 1.29 is 14.6 Å². The Morgan fingerprint density at radius 2 is 1.77 bits per heavy atom. The number of rotatable bonds is 6. The van der Waals surface area contributed by atoms with Gasteiger partial charge in [0.25, 0.3) is 0 Å². The number of hydrogen-bond donors (Lipinski definition) is 1. The van der Waals surface area contributed by atoms with Crippen molar-refractivity contribution in [1.29, 1.82) is 0 Å². The van der Waals surface area contributed by atoms with E-state index in [0.717, 1.165) is 29.8 Å². The molecule has 26 heavy (non-hydrogen) atoms. The van der Waals surface area contributed by atoms with E-state index in [2.05, 4.69) is 43.0 Å². The summed E-state index contributed by atoms with van der Waals surface area (Å²) >= 11 is 0. The summed E-state index contributed by atoms with van der Waals surface area (Å²) in [7, 11) is 1.66. The maximum atomic E-state index is 11.8. The van der Waals surface area contributed by atoms with Crippen LogP contribution in [-0.4, -0.2) is 35.7 Å². The van der Waals surface area contributed by atoms with Crippen molar-refractivity contribution in [2.45, 2.75) is 44.7 Å². The number of aliphatic carboxylic acids is 1. The minimum absolute atomic E-state index is 0.129. The van der Waals surface area contributed by atoms with E-state index in [0.29, 0.717) is 12.3 Å². The van der Waals surface area contributed by atoms with Gasteiger partial charge in [0, 0.05) is 12.1 Å². The highest BCUT2D eigenvalue weighted by Crippen LogP contribution is 2.39. The van der Waals surface area contributed by atoms with Crippen LogP contribution in [0, 0.1) is 0 Å². The number of hydrogen-bond acceptors (Lipinski definition) is 3. The van der Waals surface area contributed by atoms with Crippen LogP contribution in [-0.2, 0) is 4.79 Å². The second-order valence-electron chi connectivity index (χ2n) is 7.20. The molecular formula is C22H27NO3. The second kappa shape index (κ2) is 7.92. The maximum absolute atomic E-state index is 11.8. The van der Waals surface area contributed by atoms with E-state index in [1.54, 1.807) is 7.11 Å². The van der Waals surface area contributed by atoms with Gasteiger partial charge in [0.15, 0.2) is 0 Å². The summed E-state index contributed by atoms with van der Waals surface area (Å²) in [6.45, 7) is 5.12. The minimum Gasteiger partial charge on any atom is -0.496 e. The molecule has 2 aromatic rings. The molecule has 1 saturated heterocycles. The highest BCUT2D eigenvalue weighted by molar-refractivity contribution is 5.74. The summed E-state index contributed by atoms with van der Waals surface area (Å²) in [4.78, 5) is 13.9. The van der Waals surface area contributed by atoms with Gasteiger partial charge in [0.1, 0.15) is 11.8 Å². The van der Waals surface area contributed by atoms with Crippen molar-refractivity contribution in [3.63, 3.8) is 0 Å². The first kappa shape index (κ1) is 18.5. The fourth-order valence-corrected chi connectivity index (χ4v) is 3.87. The topological polar surface area (TPSA) is 49.8 Å². The monoisotopic (exact) mass is 353 g/mol. The van der Waals surface area contributed by atoms with E-state index in [-0.39, 0.29) is 6.04 Å². The summed E-state index contributed by atoms with van der Waals surface area (Å²) in [5.74, 6) is 0.509. The fraction of sp³-hybridized carbons (Fsp3) is 0.409. The average Bonchev–Trinajstić information content (AvgIpc) is 3.12. The third kappa shape index (κ3) is 3.61. The molecule has 4 nitrogen and oxygen atoms in total. The van der Waals surface area contributed by atoms with Crippen molar-refractivity contribution in [3.8, 4) is 5.75 Å². The molecule has 2 aromatic carbocycles. The number of methoxy groups -OCH3 is 1. The molecule has 0 bridgehead atoms. The van der Waals surface area contributed by atoms with Gasteiger partial charge in [-0.25, -0.2) is 0 Å². The van der Waals surface area contributed by atoms with Crippen LogP contribution in [0.15, 0.2) is 48.5 Å². The standard InChI is InChI=1S/C22H27NO3/c1-15(2)16-10-12-17(13-11-16)21(18-7-4-5-9-20(18)26-3)23-14-6-8-19(23)22(24)25/h4-5,7,9-13,15,19,21H,6,8,14H2,1-3H3,(H,24,25). The Morgan fingerprint density at radius 1 is 1.12 bits per heavy atom. The second-order valence-corrected chi connectivity index (χ2v) is 7.20. The van der Waals surface area contributed by atoms with Crippen LogP contribution in [0.25, 0.3) is 0 Å². The van der Waals surface area contributed by atoms with Crippen molar-refractivity contribution in [2.75, 3.05) is 13.7 Å². The Hall–Kier alpha value is -2.33. The molecule has 3 rings (SSSR count). The molecule has 0 spiro atoms. The van der Waals surface area contributed by atoms with Gasteiger partial charge in [0.05, 0.1) is 13.2 Å². The lowest BCUT2D eigenvalue weighted by Gasteiger charge is -2.33. The van der Waals surface area contributed by atoms with Crippen LogP contribution in [0.4, 0.5) is 0 Å². The summed E-state index contributed by atoms with van der Waals surface area (Å²) in [5, 5.41) is 9.70. The van der Waals surface area contributed by atoms with Gasteiger partial charge in [-0.05, 0) is 36.0 Å². The Labute approximate surface area is 155 Å². The van der Waals surface area contributed by atoms with E-state index in [1.165, 1.54) is 5.56 Å². The van der Waals surface area contributed by atoms with E-state index in [9.17, 15) is 9.90 Å². The molecule has 0 aromatic heterocycles. The lowest BCUT2D eigenvalue weighted by Crippen LogP contribution is -2.39. The van der Waals surface area contributed by atoms with Crippen molar-refractivity contribution in [1.82, 2.24) is 4.90 Å². The Morgan fingerprint density at radius 3 is 2.38 bits per heavy atom. The van der Waals surface area contributed by atoms with E-state index in [4.69, 9.17) is 4.74 Å². The molecule has 4 heteroatoms. The molecule has 1 fully saturated rings. The molecule has 0 saturated carbocycles. The molecule has 0 amide bonds. The summed E-state index contributed by atoms with van der Waals surface area (Å²) in [6, 6.07) is 15.9. The lowest BCUT2D eigenvalue weighted by atomic mass is 9.93. The molecule has 1 heterocycles. The summed E-state index contributed by atoms with van der Waals surface area (Å²) in [5.41, 5.74) is 3.40. The smallest absolute Gasteiger partial charge is 0.320 e. The number of nitrogens with zero attached hydrogens (tertiary/aromatic N) is 1. The molecule has 1 aliphatic rings. The predicted molar refractivity (Wildman–Crippen MR) is 103 cm³/mol. The third-order valence-electron chi connectivity index (χ3n) is 5.26. The Bertz CT molecular complexity index is 754. The number of para-hydroxylation sites is 1. The van der Waals surface area contributed by atoms with Crippen LogP contribution < -0.4 is 4.74 Å². The zero-order valence-corrected chi connectivity index (χ0v) is 15.7. The summed E-state index contributed by atoms with van der Waals surface area (Å²) < 4.78 is 5.59.